The number of benzene rings is 2. The first-order valence-electron chi connectivity index (χ1n) is 8.87. The zero-order valence-corrected chi connectivity index (χ0v) is 18.1. The van der Waals surface area contributed by atoms with E-state index in [0.29, 0.717) is 16.5 Å². The molecule has 0 unspecified atom stereocenters. The van der Waals surface area contributed by atoms with Gasteiger partial charge in [0.1, 0.15) is 18.0 Å². The Morgan fingerprint density at radius 1 is 1.20 bits per heavy atom. The van der Waals surface area contributed by atoms with Gasteiger partial charge in [0, 0.05) is 10.7 Å². The minimum Gasteiger partial charge on any atom is -0.497 e. The van der Waals surface area contributed by atoms with Crippen molar-refractivity contribution in [3.63, 3.8) is 0 Å². The quantitative estimate of drug-likeness (QED) is 0.588. The molecule has 8 nitrogen and oxygen atoms in total. The number of rotatable bonds is 7. The molecule has 0 aliphatic heterocycles. The lowest BCUT2D eigenvalue weighted by Crippen LogP contribution is -2.38. The van der Waals surface area contributed by atoms with Crippen molar-refractivity contribution >= 4 is 38.9 Å². The number of ether oxygens (including phenoxy) is 1. The highest BCUT2D eigenvalue weighted by molar-refractivity contribution is 7.93. The predicted octanol–water partition coefficient (Wildman–Crippen LogP) is 3.79. The molecule has 0 radical (unpaired) electrons. The molecule has 30 heavy (non-hydrogen) atoms. The monoisotopic (exact) mass is 449 g/mol. The molecular weight excluding hydrogens is 430 g/mol. The van der Waals surface area contributed by atoms with Gasteiger partial charge < -0.3 is 14.6 Å². The Balaban J connectivity index is 1.98. The Bertz CT molecular complexity index is 1140. The maximum Gasteiger partial charge on any atom is 0.270 e. The van der Waals surface area contributed by atoms with Crippen LogP contribution in [0.2, 0.25) is 5.02 Å². The fourth-order valence-electron chi connectivity index (χ4n) is 2.91. The van der Waals surface area contributed by atoms with Gasteiger partial charge in [-0.3, -0.25) is 9.10 Å². The molecule has 3 rings (SSSR count). The number of nitrogens with one attached hydrogen (secondary N) is 1. The molecular formula is C20H20ClN3O5S. The Morgan fingerprint density at radius 2 is 1.90 bits per heavy atom. The van der Waals surface area contributed by atoms with Gasteiger partial charge in [0.25, 0.3) is 10.0 Å². The van der Waals surface area contributed by atoms with E-state index in [1.54, 1.807) is 48.5 Å². The lowest BCUT2D eigenvalue weighted by atomic mass is 10.3. The zero-order valence-electron chi connectivity index (χ0n) is 16.5. The normalized spacial score (nSPS) is 11.2. The molecule has 2 aromatic carbocycles. The number of nitrogens with zero attached hydrogens (tertiary/aromatic N) is 2. The molecule has 10 heteroatoms. The summed E-state index contributed by atoms with van der Waals surface area (Å²) in [5, 5.41) is 6.83. The van der Waals surface area contributed by atoms with Gasteiger partial charge in [-0.05, 0) is 56.3 Å². The van der Waals surface area contributed by atoms with E-state index in [1.807, 2.05) is 0 Å². The van der Waals surface area contributed by atoms with E-state index in [0.717, 1.165) is 4.31 Å². The molecule has 158 valence electrons. The van der Waals surface area contributed by atoms with Crippen molar-refractivity contribution in [1.29, 1.82) is 0 Å². The van der Waals surface area contributed by atoms with Crippen LogP contribution in [0.4, 0.5) is 11.4 Å². The molecule has 1 heterocycles. The molecule has 0 atom stereocenters. The number of aromatic nitrogens is 1. The molecule has 0 saturated carbocycles. The van der Waals surface area contributed by atoms with Gasteiger partial charge in [0.2, 0.25) is 5.91 Å². The third-order valence-corrected chi connectivity index (χ3v) is 6.53. The van der Waals surface area contributed by atoms with Gasteiger partial charge in [0.15, 0.2) is 10.7 Å². The smallest absolute Gasteiger partial charge is 0.270 e. The number of sulfonamides is 1. The standard InChI is InChI=1S/C20H20ClN3O5S/c1-13-20(14(2)29-23-13)30(26,27)24(17-7-9-18(28-3)10-8-17)12-19(25)22-16-6-4-5-15(21)11-16/h4-11H,12H2,1-3H3,(H,22,25). The van der Waals surface area contributed by atoms with Crippen LogP contribution in [-0.4, -0.2) is 33.1 Å². The summed E-state index contributed by atoms with van der Waals surface area (Å²) in [5.74, 6) is 0.154. The minimum atomic E-state index is -4.14. The molecule has 3 aromatic rings. The average molecular weight is 450 g/mol. The van der Waals surface area contributed by atoms with Crippen LogP contribution in [0, 0.1) is 13.8 Å². The third kappa shape index (κ3) is 4.58. The summed E-state index contributed by atoms with van der Waals surface area (Å²) in [4.78, 5) is 12.6. The Kier molecular flexibility index (Phi) is 6.33. The second-order valence-electron chi connectivity index (χ2n) is 6.42. The first kappa shape index (κ1) is 21.7. The maximum atomic E-state index is 13.4. The summed E-state index contributed by atoms with van der Waals surface area (Å²) in [5.41, 5.74) is 0.954. The molecule has 0 aliphatic carbocycles. The number of halogens is 1. The SMILES string of the molecule is COc1ccc(N(CC(=O)Nc2cccc(Cl)c2)S(=O)(=O)c2c(C)noc2C)cc1. The third-order valence-electron chi connectivity index (χ3n) is 4.27. The van der Waals surface area contributed by atoms with Gasteiger partial charge in [-0.1, -0.05) is 22.8 Å². The number of hydrogen-bond acceptors (Lipinski definition) is 6. The molecule has 0 saturated heterocycles. The number of methoxy groups -OCH3 is 1. The average Bonchev–Trinajstić information content (AvgIpc) is 3.05. The van der Waals surface area contributed by atoms with Gasteiger partial charge in [0.05, 0.1) is 12.8 Å². The highest BCUT2D eigenvalue weighted by atomic mass is 35.5. The van der Waals surface area contributed by atoms with Crippen molar-refractivity contribution in [2.24, 2.45) is 0 Å². The van der Waals surface area contributed by atoms with E-state index < -0.39 is 22.5 Å². The van der Waals surface area contributed by atoms with Crippen LogP contribution in [-0.2, 0) is 14.8 Å². The highest BCUT2D eigenvalue weighted by Gasteiger charge is 2.32. The lowest BCUT2D eigenvalue weighted by Gasteiger charge is -2.24. The fourth-order valence-corrected chi connectivity index (χ4v) is 4.82. The summed E-state index contributed by atoms with van der Waals surface area (Å²) in [7, 11) is -2.63. The second kappa shape index (κ2) is 8.76. The molecule has 0 bridgehead atoms. The first-order chi connectivity index (χ1) is 14.2. The number of hydrogen-bond donors (Lipinski definition) is 1. The maximum absolute atomic E-state index is 13.4. The van der Waals surface area contributed by atoms with Crippen LogP contribution in [0.15, 0.2) is 57.9 Å². The van der Waals surface area contributed by atoms with Gasteiger partial charge in [-0.15, -0.1) is 0 Å². The van der Waals surface area contributed by atoms with Gasteiger partial charge in [-0.25, -0.2) is 8.42 Å². The number of aryl methyl sites for hydroxylation is 2. The molecule has 1 aromatic heterocycles. The van der Waals surface area contributed by atoms with Crippen molar-refractivity contribution < 1.29 is 22.5 Å². The van der Waals surface area contributed by atoms with E-state index in [4.69, 9.17) is 20.9 Å². The van der Waals surface area contributed by atoms with Crippen molar-refractivity contribution in [2.45, 2.75) is 18.7 Å². The zero-order chi connectivity index (χ0) is 21.9. The van der Waals surface area contributed by atoms with E-state index in [1.165, 1.54) is 21.0 Å². The second-order valence-corrected chi connectivity index (χ2v) is 8.66. The topological polar surface area (TPSA) is 102 Å². The van der Waals surface area contributed by atoms with Crippen molar-refractivity contribution in [1.82, 2.24) is 5.16 Å². The van der Waals surface area contributed by atoms with Crippen LogP contribution in [0.3, 0.4) is 0 Å². The van der Waals surface area contributed by atoms with E-state index >= 15 is 0 Å². The minimum absolute atomic E-state index is 0.0751. The van der Waals surface area contributed by atoms with Crippen molar-refractivity contribution in [2.75, 3.05) is 23.3 Å². The first-order valence-corrected chi connectivity index (χ1v) is 10.7. The van der Waals surface area contributed by atoms with Gasteiger partial charge in [-0.2, -0.15) is 0 Å². The molecule has 1 N–H and O–H groups in total. The summed E-state index contributed by atoms with van der Waals surface area (Å²) >= 11 is 5.95. The van der Waals surface area contributed by atoms with Crippen molar-refractivity contribution in [3.8, 4) is 5.75 Å². The summed E-state index contributed by atoms with van der Waals surface area (Å²) < 4.78 is 38.0. The van der Waals surface area contributed by atoms with Crippen LogP contribution in [0.1, 0.15) is 11.5 Å². The number of amides is 1. The Morgan fingerprint density at radius 3 is 2.47 bits per heavy atom. The van der Waals surface area contributed by atoms with Crippen LogP contribution in [0.25, 0.3) is 0 Å². The van der Waals surface area contributed by atoms with Crippen LogP contribution >= 0.6 is 11.6 Å². The lowest BCUT2D eigenvalue weighted by molar-refractivity contribution is -0.114. The molecule has 0 spiro atoms. The molecule has 1 amide bonds. The molecule has 0 fully saturated rings. The number of anilines is 2. The Hall–Kier alpha value is -3.04. The van der Waals surface area contributed by atoms with E-state index in [9.17, 15) is 13.2 Å². The highest BCUT2D eigenvalue weighted by Crippen LogP contribution is 2.29. The summed E-state index contributed by atoms with van der Waals surface area (Å²) in [6, 6.07) is 12.9. The van der Waals surface area contributed by atoms with Crippen LogP contribution in [0.5, 0.6) is 5.75 Å². The summed E-state index contributed by atoms with van der Waals surface area (Å²) in [6.45, 7) is 2.57. The molecule has 0 aliphatic rings. The van der Waals surface area contributed by atoms with E-state index in [-0.39, 0.29) is 22.0 Å². The number of carbonyl (C=O) groups is 1. The van der Waals surface area contributed by atoms with Crippen molar-refractivity contribution in [3.05, 3.63) is 65.0 Å². The van der Waals surface area contributed by atoms with Gasteiger partial charge >= 0.3 is 0 Å². The Labute approximate surface area is 179 Å². The van der Waals surface area contributed by atoms with E-state index in [2.05, 4.69) is 10.5 Å². The largest absolute Gasteiger partial charge is 0.497 e. The predicted molar refractivity (Wildman–Crippen MR) is 114 cm³/mol. The number of carbonyl (C=O) groups excluding carboxylic acids is 1. The summed E-state index contributed by atoms with van der Waals surface area (Å²) in [6.07, 6.45) is 0. The van der Waals surface area contributed by atoms with Crippen LogP contribution < -0.4 is 14.4 Å². The fraction of sp³-hybridized carbons (Fsp3) is 0.200.